The number of nitrogens with zero attached hydrogens (tertiary/aromatic N) is 1. The molecule has 1 aromatic rings. The van der Waals surface area contributed by atoms with Crippen LogP contribution in [0.3, 0.4) is 0 Å². The minimum Gasteiger partial charge on any atom is -0.341 e. The molecule has 0 spiro atoms. The van der Waals surface area contributed by atoms with Gasteiger partial charge < -0.3 is 4.90 Å². The van der Waals surface area contributed by atoms with Crippen molar-refractivity contribution in [3.8, 4) is 0 Å². The predicted octanol–water partition coefficient (Wildman–Crippen LogP) is 2.70. The molecule has 0 aliphatic carbocycles. The lowest BCUT2D eigenvalue weighted by Gasteiger charge is -2.31. The van der Waals surface area contributed by atoms with E-state index in [4.69, 9.17) is 0 Å². The smallest absolute Gasteiger partial charge is 0.241 e. The van der Waals surface area contributed by atoms with E-state index in [2.05, 4.69) is 4.72 Å². The van der Waals surface area contributed by atoms with Crippen LogP contribution in [-0.4, -0.2) is 38.4 Å². The highest BCUT2D eigenvalue weighted by Gasteiger charge is 2.30. The van der Waals surface area contributed by atoms with E-state index in [1.54, 1.807) is 29.2 Å². The van der Waals surface area contributed by atoms with Gasteiger partial charge in [-0.25, -0.2) is 8.42 Å². The number of benzene rings is 1. The van der Waals surface area contributed by atoms with E-state index >= 15 is 0 Å². The van der Waals surface area contributed by atoms with Gasteiger partial charge in [-0.2, -0.15) is 4.72 Å². The predicted molar refractivity (Wildman–Crippen MR) is 95.2 cm³/mol. The van der Waals surface area contributed by atoms with E-state index in [9.17, 15) is 13.2 Å². The van der Waals surface area contributed by atoms with Crippen LogP contribution in [0, 0.1) is 12.8 Å². The monoisotopic (exact) mass is 352 g/mol. The van der Waals surface area contributed by atoms with E-state index in [0.29, 0.717) is 6.42 Å². The molecule has 0 saturated carbocycles. The zero-order valence-electron chi connectivity index (χ0n) is 14.8. The molecule has 1 aliphatic heterocycles. The Kier molecular flexibility index (Phi) is 6.40. The van der Waals surface area contributed by atoms with E-state index in [-0.39, 0.29) is 16.7 Å². The summed E-state index contributed by atoms with van der Waals surface area (Å²) in [4.78, 5) is 14.8. The Balaban J connectivity index is 2.17. The first-order valence-corrected chi connectivity index (χ1v) is 10.2. The Morgan fingerprint density at radius 1 is 1.12 bits per heavy atom. The van der Waals surface area contributed by atoms with Crippen LogP contribution in [0.5, 0.6) is 0 Å². The summed E-state index contributed by atoms with van der Waals surface area (Å²) in [6, 6.07) is 5.98. The van der Waals surface area contributed by atoms with Crippen molar-refractivity contribution >= 4 is 15.9 Å². The summed E-state index contributed by atoms with van der Waals surface area (Å²) < 4.78 is 27.9. The van der Waals surface area contributed by atoms with Crippen LogP contribution in [-0.2, 0) is 14.8 Å². The van der Waals surface area contributed by atoms with Crippen molar-refractivity contribution in [3.63, 3.8) is 0 Å². The fraction of sp³-hybridized carbons (Fsp3) is 0.611. The molecule has 2 rings (SSSR count). The van der Waals surface area contributed by atoms with Gasteiger partial charge in [-0.3, -0.25) is 4.79 Å². The van der Waals surface area contributed by atoms with Crippen molar-refractivity contribution in [2.75, 3.05) is 13.1 Å². The zero-order chi connectivity index (χ0) is 17.7. The molecule has 24 heavy (non-hydrogen) atoms. The number of sulfonamides is 1. The van der Waals surface area contributed by atoms with Gasteiger partial charge in [0.25, 0.3) is 0 Å². The van der Waals surface area contributed by atoms with Crippen molar-refractivity contribution < 1.29 is 13.2 Å². The number of nitrogens with one attached hydrogen (secondary N) is 1. The molecule has 1 atom stereocenters. The van der Waals surface area contributed by atoms with Crippen molar-refractivity contribution in [1.29, 1.82) is 0 Å². The van der Waals surface area contributed by atoms with E-state index in [0.717, 1.165) is 37.9 Å². The Bertz CT molecular complexity index is 647. The highest BCUT2D eigenvalue weighted by Crippen LogP contribution is 2.17. The third-order valence-electron chi connectivity index (χ3n) is 4.30. The lowest BCUT2D eigenvalue weighted by molar-refractivity contribution is -0.134. The topological polar surface area (TPSA) is 66.5 Å². The largest absolute Gasteiger partial charge is 0.341 e. The Morgan fingerprint density at radius 3 is 2.25 bits per heavy atom. The maximum atomic E-state index is 12.8. The van der Waals surface area contributed by atoms with Crippen LogP contribution < -0.4 is 4.72 Å². The summed E-state index contributed by atoms with van der Waals surface area (Å²) >= 11 is 0. The molecule has 1 aromatic carbocycles. The number of piperidine rings is 1. The van der Waals surface area contributed by atoms with E-state index in [1.807, 2.05) is 20.8 Å². The Morgan fingerprint density at radius 2 is 1.71 bits per heavy atom. The molecule has 1 aliphatic rings. The van der Waals surface area contributed by atoms with Gasteiger partial charge in [0, 0.05) is 13.1 Å². The molecule has 1 saturated heterocycles. The number of amides is 1. The second-order valence-electron chi connectivity index (χ2n) is 7.00. The fourth-order valence-corrected chi connectivity index (χ4v) is 4.18. The van der Waals surface area contributed by atoms with Crippen molar-refractivity contribution in [2.24, 2.45) is 5.92 Å². The first-order chi connectivity index (χ1) is 11.3. The van der Waals surface area contributed by atoms with Crippen LogP contribution in [0.15, 0.2) is 29.2 Å². The standard InChI is InChI=1S/C18H28N2O3S/c1-14(2)13-17(18(21)20-11-5-4-6-12-20)19-24(22,23)16-9-7-15(3)8-10-16/h7-10,14,17,19H,4-6,11-13H2,1-3H3. The molecule has 1 amide bonds. The van der Waals surface area contributed by atoms with Crippen molar-refractivity contribution in [1.82, 2.24) is 9.62 Å². The van der Waals surface area contributed by atoms with Gasteiger partial charge in [-0.1, -0.05) is 31.5 Å². The number of hydrogen-bond donors (Lipinski definition) is 1. The third-order valence-corrected chi connectivity index (χ3v) is 5.79. The third kappa shape index (κ3) is 5.05. The molecule has 1 N–H and O–H groups in total. The minimum atomic E-state index is -3.70. The maximum Gasteiger partial charge on any atom is 0.241 e. The summed E-state index contributed by atoms with van der Waals surface area (Å²) in [7, 11) is -3.70. The summed E-state index contributed by atoms with van der Waals surface area (Å²) in [5, 5.41) is 0. The fourth-order valence-electron chi connectivity index (χ4n) is 2.98. The quantitative estimate of drug-likeness (QED) is 0.856. The van der Waals surface area contributed by atoms with Gasteiger partial charge in [0.15, 0.2) is 0 Å². The molecule has 5 nitrogen and oxygen atoms in total. The number of likely N-dealkylation sites (tertiary alicyclic amines) is 1. The normalized spacial score (nSPS) is 17.1. The summed E-state index contributed by atoms with van der Waals surface area (Å²) in [5.74, 6) is 0.128. The molecule has 134 valence electrons. The second kappa shape index (κ2) is 8.12. The highest BCUT2D eigenvalue weighted by atomic mass is 32.2. The number of carbonyl (C=O) groups excluding carboxylic acids is 1. The van der Waals surface area contributed by atoms with Gasteiger partial charge in [0.1, 0.15) is 6.04 Å². The molecular formula is C18H28N2O3S. The lowest BCUT2D eigenvalue weighted by atomic mass is 10.0. The number of carbonyl (C=O) groups is 1. The second-order valence-corrected chi connectivity index (χ2v) is 8.72. The summed E-state index contributed by atoms with van der Waals surface area (Å²) in [6.45, 7) is 7.35. The number of rotatable bonds is 6. The van der Waals surface area contributed by atoms with Crippen molar-refractivity contribution in [3.05, 3.63) is 29.8 Å². The molecule has 1 unspecified atom stereocenters. The van der Waals surface area contributed by atoms with Crippen LogP contribution >= 0.6 is 0 Å². The van der Waals surface area contributed by atoms with Crippen molar-refractivity contribution in [2.45, 2.75) is 57.4 Å². The van der Waals surface area contributed by atoms with Gasteiger partial charge in [0.2, 0.25) is 15.9 Å². The highest BCUT2D eigenvalue weighted by molar-refractivity contribution is 7.89. The van der Waals surface area contributed by atoms with Crippen LogP contribution in [0.25, 0.3) is 0 Å². The first kappa shape index (κ1) is 18.9. The van der Waals surface area contributed by atoms with E-state index < -0.39 is 16.1 Å². The Hall–Kier alpha value is -1.40. The Labute approximate surface area is 145 Å². The molecule has 6 heteroatoms. The molecular weight excluding hydrogens is 324 g/mol. The van der Waals surface area contributed by atoms with Crippen LogP contribution in [0.2, 0.25) is 0 Å². The molecule has 0 radical (unpaired) electrons. The average Bonchev–Trinajstić information content (AvgIpc) is 2.54. The van der Waals surface area contributed by atoms with Crippen LogP contribution in [0.4, 0.5) is 0 Å². The SMILES string of the molecule is Cc1ccc(S(=O)(=O)NC(CC(C)C)C(=O)N2CCCCC2)cc1. The number of aryl methyl sites for hydroxylation is 1. The maximum absolute atomic E-state index is 12.8. The zero-order valence-corrected chi connectivity index (χ0v) is 15.6. The van der Waals surface area contributed by atoms with Gasteiger partial charge >= 0.3 is 0 Å². The summed E-state index contributed by atoms with van der Waals surface area (Å²) in [5.41, 5.74) is 0.997. The number of hydrogen-bond acceptors (Lipinski definition) is 3. The van der Waals surface area contributed by atoms with Gasteiger partial charge in [-0.05, 0) is 50.7 Å². The average molecular weight is 353 g/mol. The minimum absolute atomic E-state index is 0.0981. The summed E-state index contributed by atoms with van der Waals surface area (Å²) in [6.07, 6.45) is 3.61. The van der Waals surface area contributed by atoms with Gasteiger partial charge in [0.05, 0.1) is 4.90 Å². The molecule has 1 heterocycles. The van der Waals surface area contributed by atoms with Gasteiger partial charge in [-0.15, -0.1) is 0 Å². The van der Waals surface area contributed by atoms with Crippen LogP contribution in [0.1, 0.15) is 45.1 Å². The lowest BCUT2D eigenvalue weighted by Crippen LogP contribution is -2.50. The molecule has 0 bridgehead atoms. The molecule has 0 aromatic heterocycles. The first-order valence-electron chi connectivity index (χ1n) is 8.67. The molecule has 1 fully saturated rings. The van der Waals surface area contributed by atoms with E-state index in [1.165, 1.54) is 0 Å².